The fourth-order valence-corrected chi connectivity index (χ4v) is 5.26. The van der Waals surface area contributed by atoms with Crippen LogP contribution in [0.1, 0.15) is 40.0 Å². The zero-order valence-corrected chi connectivity index (χ0v) is 19.0. The minimum absolute atomic E-state index is 0.0785. The monoisotopic (exact) mass is 458 g/mol. The van der Waals surface area contributed by atoms with Crippen molar-refractivity contribution in [3.8, 4) is 0 Å². The van der Waals surface area contributed by atoms with Crippen molar-refractivity contribution in [2.24, 2.45) is 17.3 Å². The standard InChI is InChI=1S/C25H29F3N4O/c1-16-12-17(14-24(2,3)13-16)15-32-21-7-5-4-6-20(21)31-23(32)30-19-10-8-18(9-11-19)29-22(33)25(26,27)28/h4-11,16-17H,12-15H2,1-3H3,(H,29,33)(H,30,31)/t16?,17-/m1/s1. The molecule has 0 bridgehead atoms. The first-order chi connectivity index (χ1) is 15.5. The molecule has 3 aromatic rings. The minimum atomic E-state index is -4.92. The summed E-state index contributed by atoms with van der Waals surface area (Å²) in [4.78, 5) is 15.9. The first kappa shape index (κ1) is 23.1. The lowest BCUT2D eigenvalue weighted by atomic mass is 9.68. The van der Waals surface area contributed by atoms with E-state index >= 15 is 0 Å². The van der Waals surface area contributed by atoms with Crippen LogP contribution in [0.3, 0.4) is 0 Å². The van der Waals surface area contributed by atoms with Crippen LogP contribution in [-0.4, -0.2) is 21.6 Å². The highest BCUT2D eigenvalue weighted by Crippen LogP contribution is 2.43. The van der Waals surface area contributed by atoms with E-state index in [4.69, 9.17) is 4.98 Å². The molecule has 2 aromatic carbocycles. The van der Waals surface area contributed by atoms with Crippen LogP contribution in [-0.2, 0) is 11.3 Å². The molecular weight excluding hydrogens is 429 g/mol. The van der Waals surface area contributed by atoms with Gasteiger partial charge in [-0.2, -0.15) is 13.2 Å². The molecule has 1 amide bonds. The van der Waals surface area contributed by atoms with E-state index < -0.39 is 12.1 Å². The molecule has 1 saturated carbocycles. The number of alkyl halides is 3. The molecule has 0 radical (unpaired) electrons. The Morgan fingerprint density at radius 2 is 1.76 bits per heavy atom. The molecule has 8 heteroatoms. The zero-order chi connectivity index (χ0) is 23.8. The summed E-state index contributed by atoms with van der Waals surface area (Å²) in [6.45, 7) is 7.83. The number of hydrogen-bond acceptors (Lipinski definition) is 3. The van der Waals surface area contributed by atoms with Gasteiger partial charge < -0.3 is 15.2 Å². The van der Waals surface area contributed by atoms with Crippen molar-refractivity contribution in [3.05, 3.63) is 48.5 Å². The zero-order valence-electron chi connectivity index (χ0n) is 19.0. The molecule has 2 N–H and O–H groups in total. The van der Waals surface area contributed by atoms with Crippen LogP contribution in [0.25, 0.3) is 11.0 Å². The summed E-state index contributed by atoms with van der Waals surface area (Å²) in [5.41, 5.74) is 2.99. The predicted octanol–water partition coefficient (Wildman–Crippen LogP) is 6.74. The summed E-state index contributed by atoms with van der Waals surface area (Å²) in [5, 5.41) is 5.17. The van der Waals surface area contributed by atoms with Gasteiger partial charge >= 0.3 is 12.1 Å². The van der Waals surface area contributed by atoms with Crippen LogP contribution >= 0.6 is 0 Å². The summed E-state index contributed by atoms with van der Waals surface area (Å²) < 4.78 is 39.6. The Morgan fingerprint density at radius 3 is 2.42 bits per heavy atom. The number of anilines is 3. The van der Waals surface area contributed by atoms with Gasteiger partial charge in [-0.15, -0.1) is 0 Å². The van der Waals surface area contributed by atoms with E-state index in [0.717, 1.165) is 24.0 Å². The van der Waals surface area contributed by atoms with E-state index in [9.17, 15) is 18.0 Å². The second-order valence-corrected chi connectivity index (χ2v) is 9.97. The van der Waals surface area contributed by atoms with E-state index in [0.29, 0.717) is 28.9 Å². The van der Waals surface area contributed by atoms with Crippen LogP contribution in [0.15, 0.2) is 48.5 Å². The van der Waals surface area contributed by atoms with E-state index in [1.807, 2.05) is 23.5 Å². The molecule has 1 aliphatic rings. The van der Waals surface area contributed by atoms with Gasteiger partial charge in [-0.05, 0) is 72.9 Å². The fourth-order valence-electron chi connectivity index (χ4n) is 5.26. The maximum Gasteiger partial charge on any atom is 0.471 e. The van der Waals surface area contributed by atoms with E-state index in [1.54, 1.807) is 12.1 Å². The third-order valence-corrected chi connectivity index (χ3v) is 6.23. The maximum atomic E-state index is 12.5. The minimum Gasteiger partial charge on any atom is -0.326 e. The number of nitrogens with zero attached hydrogens (tertiary/aromatic N) is 2. The summed E-state index contributed by atoms with van der Waals surface area (Å²) in [6, 6.07) is 14.1. The van der Waals surface area contributed by atoms with Gasteiger partial charge in [-0.25, -0.2) is 4.98 Å². The number of rotatable bonds is 5. The van der Waals surface area contributed by atoms with Crippen molar-refractivity contribution in [2.75, 3.05) is 10.6 Å². The fraction of sp³-hybridized carbons (Fsp3) is 0.440. The van der Waals surface area contributed by atoms with Gasteiger partial charge in [0.15, 0.2) is 0 Å². The number of nitrogens with one attached hydrogen (secondary N) is 2. The number of aromatic nitrogens is 2. The topological polar surface area (TPSA) is 59.0 Å². The van der Waals surface area contributed by atoms with Gasteiger partial charge in [0, 0.05) is 17.9 Å². The summed E-state index contributed by atoms with van der Waals surface area (Å²) in [6.07, 6.45) is -1.37. The molecule has 0 aliphatic heterocycles. The average Bonchev–Trinajstić information content (AvgIpc) is 3.04. The van der Waals surface area contributed by atoms with Crippen molar-refractivity contribution in [3.63, 3.8) is 0 Å². The Hall–Kier alpha value is -3.03. The normalized spacial score (nSPS) is 20.5. The number of para-hydroxylation sites is 2. The number of halogens is 3. The summed E-state index contributed by atoms with van der Waals surface area (Å²) in [5.74, 6) is -0.0970. The molecule has 1 unspecified atom stereocenters. The molecule has 176 valence electrons. The second kappa shape index (κ2) is 8.72. The first-order valence-electron chi connectivity index (χ1n) is 11.2. The van der Waals surface area contributed by atoms with Gasteiger partial charge in [-0.1, -0.05) is 32.9 Å². The molecule has 0 spiro atoms. The Balaban J connectivity index is 1.56. The predicted molar refractivity (Wildman–Crippen MR) is 124 cm³/mol. The highest BCUT2D eigenvalue weighted by molar-refractivity contribution is 5.95. The molecule has 5 nitrogen and oxygen atoms in total. The van der Waals surface area contributed by atoms with Crippen LogP contribution in [0.4, 0.5) is 30.5 Å². The number of amides is 1. The van der Waals surface area contributed by atoms with Crippen molar-refractivity contribution in [1.82, 2.24) is 9.55 Å². The van der Waals surface area contributed by atoms with E-state index in [-0.39, 0.29) is 5.69 Å². The number of benzene rings is 2. The second-order valence-electron chi connectivity index (χ2n) is 9.97. The number of hydrogen-bond donors (Lipinski definition) is 2. The molecule has 1 fully saturated rings. The molecule has 1 aromatic heterocycles. The lowest BCUT2D eigenvalue weighted by molar-refractivity contribution is -0.167. The SMILES string of the molecule is CC1C[C@@H](Cn2c(Nc3ccc(NC(=O)C(F)(F)F)cc3)nc3ccccc32)CC(C)(C)C1. The third-order valence-electron chi connectivity index (χ3n) is 6.23. The van der Waals surface area contributed by atoms with Crippen LogP contribution in [0, 0.1) is 17.3 Å². The van der Waals surface area contributed by atoms with Gasteiger partial charge in [0.25, 0.3) is 0 Å². The van der Waals surface area contributed by atoms with Crippen LogP contribution in [0.2, 0.25) is 0 Å². The lowest BCUT2D eigenvalue weighted by Crippen LogP contribution is -2.30. The Bertz CT molecular complexity index is 1130. The highest BCUT2D eigenvalue weighted by Gasteiger charge is 2.38. The first-order valence-corrected chi connectivity index (χ1v) is 11.2. The molecule has 1 aliphatic carbocycles. The highest BCUT2D eigenvalue weighted by atomic mass is 19.4. The molecule has 4 rings (SSSR count). The smallest absolute Gasteiger partial charge is 0.326 e. The Labute approximate surface area is 191 Å². The molecule has 1 heterocycles. The van der Waals surface area contributed by atoms with Crippen molar-refractivity contribution in [2.45, 2.75) is 52.8 Å². The quantitative estimate of drug-likeness (QED) is 0.445. The average molecular weight is 459 g/mol. The third kappa shape index (κ3) is 5.49. The summed E-state index contributed by atoms with van der Waals surface area (Å²) in [7, 11) is 0. The van der Waals surface area contributed by atoms with Gasteiger partial charge in [0.2, 0.25) is 5.95 Å². The van der Waals surface area contributed by atoms with Crippen LogP contribution in [0.5, 0.6) is 0 Å². The molecule has 0 saturated heterocycles. The molecule has 33 heavy (non-hydrogen) atoms. The van der Waals surface area contributed by atoms with Crippen molar-refractivity contribution >= 4 is 34.3 Å². The van der Waals surface area contributed by atoms with Crippen molar-refractivity contribution in [1.29, 1.82) is 0 Å². The van der Waals surface area contributed by atoms with Gasteiger partial charge in [-0.3, -0.25) is 4.79 Å². The van der Waals surface area contributed by atoms with E-state index in [2.05, 4.69) is 36.7 Å². The number of imidazole rings is 1. The Morgan fingerprint density at radius 1 is 1.09 bits per heavy atom. The lowest BCUT2D eigenvalue weighted by Gasteiger charge is -2.39. The Kier molecular flexibility index (Phi) is 6.12. The van der Waals surface area contributed by atoms with Crippen LogP contribution < -0.4 is 10.6 Å². The number of carbonyl (C=O) groups excluding carboxylic acids is 1. The number of fused-ring (bicyclic) bond motifs is 1. The molecular formula is C25H29F3N4O. The van der Waals surface area contributed by atoms with Gasteiger partial charge in [0.1, 0.15) is 0 Å². The van der Waals surface area contributed by atoms with E-state index in [1.165, 1.54) is 25.0 Å². The van der Waals surface area contributed by atoms with Gasteiger partial charge in [0.05, 0.1) is 11.0 Å². The number of carbonyl (C=O) groups is 1. The maximum absolute atomic E-state index is 12.5. The summed E-state index contributed by atoms with van der Waals surface area (Å²) >= 11 is 0. The van der Waals surface area contributed by atoms with Crippen molar-refractivity contribution < 1.29 is 18.0 Å². The molecule has 2 atom stereocenters. The largest absolute Gasteiger partial charge is 0.471 e.